The Balaban J connectivity index is 2.12. The van der Waals surface area contributed by atoms with Gasteiger partial charge in [-0.15, -0.1) is 11.3 Å². The van der Waals surface area contributed by atoms with Crippen LogP contribution in [-0.2, 0) is 0 Å². The van der Waals surface area contributed by atoms with Crippen molar-refractivity contribution in [1.82, 2.24) is 9.97 Å². The van der Waals surface area contributed by atoms with Gasteiger partial charge in [-0.05, 0) is 36.6 Å². The van der Waals surface area contributed by atoms with Gasteiger partial charge in [-0.1, -0.05) is 18.2 Å². The molecule has 0 unspecified atom stereocenters. The summed E-state index contributed by atoms with van der Waals surface area (Å²) in [7, 11) is 0. The Labute approximate surface area is 115 Å². The first-order valence-electron chi connectivity index (χ1n) is 5.98. The molecular weight excluding hydrogens is 254 g/mol. The summed E-state index contributed by atoms with van der Waals surface area (Å²) in [4.78, 5) is 10.3. The second kappa shape index (κ2) is 4.82. The Morgan fingerprint density at radius 2 is 1.95 bits per heavy atom. The van der Waals surface area contributed by atoms with Crippen molar-refractivity contribution in [3.8, 4) is 22.0 Å². The molecule has 2 N–H and O–H groups in total. The zero-order valence-corrected chi connectivity index (χ0v) is 11.3. The first kappa shape index (κ1) is 11.9. The van der Waals surface area contributed by atoms with Crippen LogP contribution in [0, 0.1) is 6.92 Å². The summed E-state index contributed by atoms with van der Waals surface area (Å²) in [6.07, 6.45) is 0. The lowest BCUT2D eigenvalue weighted by Gasteiger charge is -2.05. The second-order valence-corrected chi connectivity index (χ2v) is 5.27. The molecule has 4 heteroatoms. The van der Waals surface area contributed by atoms with Crippen molar-refractivity contribution in [3.05, 3.63) is 53.5 Å². The molecule has 1 aromatic carbocycles. The van der Waals surface area contributed by atoms with Gasteiger partial charge in [0, 0.05) is 16.9 Å². The van der Waals surface area contributed by atoms with E-state index in [-0.39, 0.29) is 0 Å². The molecule has 0 spiro atoms. The Kier molecular flexibility index (Phi) is 3.01. The average molecular weight is 267 g/mol. The van der Waals surface area contributed by atoms with Crippen LogP contribution >= 0.6 is 11.3 Å². The van der Waals surface area contributed by atoms with Crippen LogP contribution in [0.5, 0.6) is 0 Å². The zero-order chi connectivity index (χ0) is 13.2. The molecule has 0 aliphatic heterocycles. The van der Waals surface area contributed by atoms with Crippen LogP contribution in [0.1, 0.15) is 5.69 Å². The summed E-state index contributed by atoms with van der Waals surface area (Å²) in [6, 6.07) is 13.7. The maximum atomic E-state index is 5.81. The summed E-state index contributed by atoms with van der Waals surface area (Å²) in [6.45, 7) is 1.98. The lowest BCUT2D eigenvalue weighted by atomic mass is 10.2. The minimum atomic E-state index is 0.718. The molecular formula is C15H13N3S. The first-order valence-corrected chi connectivity index (χ1v) is 6.86. The Hall–Kier alpha value is -2.20. The smallest absolute Gasteiger partial charge is 0.160 e. The molecule has 19 heavy (non-hydrogen) atoms. The van der Waals surface area contributed by atoms with Crippen molar-refractivity contribution in [2.75, 3.05) is 5.73 Å². The Morgan fingerprint density at radius 1 is 1.05 bits per heavy atom. The molecule has 0 saturated heterocycles. The van der Waals surface area contributed by atoms with Gasteiger partial charge >= 0.3 is 0 Å². The number of nitrogen functional groups attached to an aromatic ring is 1. The highest BCUT2D eigenvalue weighted by molar-refractivity contribution is 7.13. The fraction of sp³-hybridized carbons (Fsp3) is 0.0667. The summed E-state index contributed by atoms with van der Waals surface area (Å²) < 4.78 is 0. The molecule has 94 valence electrons. The van der Waals surface area contributed by atoms with Crippen molar-refractivity contribution in [2.24, 2.45) is 0 Å². The highest BCUT2D eigenvalue weighted by atomic mass is 32.1. The lowest BCUT2D eigenvalue weighted by molar-refractivity contribution is 1.12. The molecule has 0 aliphatic rings. The zero-order valence-electron chi connectivity index (χ0n) is 10.5. The van der Waals surface area contributed by atoms with E-state index in [0.717, 1.165) is 33.3 Å². The van der Waals surface area contributed by atoms with Gasteiger partial charge in [0.25, 0.3) is 0 Å². The first-order chi connectivity index (χ1) is 9.22. The van der Waals surface area contributed by atoms with Crippen LogP contribution in [0.2, 0.25) is 0 Å². The maximum Gasteiger partial charge on any atom is 0.160 e. The molecule has 3 rings (SSSR count). The van der Waals surface area contributed by atoms with Crippen LogP contribution in [0.15, 0.2) is 47.8 Å². The van der Waals surface area contributed by atoms with Gasteiger partial charge in [-0.2, -0.15) is 0 Å². The number of nitrogens with two attached hydrogens (primary N) is 1. The van der Waals surface area contributed by atoms with Crippen molar-refractivity contribution in [1.29, 1.82) is 0 Å². The number of thiophene rings is 1. The van der Waals surface area contributed by atoms with Crippen LogP contribution in [0.3, 0.4) is 0 Å². The topological polar surface area (TPSA) is 51.8 Å². The third kappa shape index (κ3) is 2.48. The van der Waals surface area contributed by atoms with Gasteiger partial charge in [0.05, 0.1) is 10.6 Å². The van der Waals surface area contributed by atoms with Crippen molar-refractivity contribution >= 4 is 17.0 Å². The van der Waals surface area contributed by atoms with Gasteiger partial charge in [-0.25, -0.2) is 9.97 Å². The van der Waals surface area contributed by atoms with E-state index in [1.807, 2.05) is 48.7 Å². The fourth-order valence-electron chi connectivity index (χ4n) is 1.93. The molecule has 0 fully saturated rings. The van der Waals surface area contributed by atoms with E-state index >= 15 is 0 Å². The molecule has 0 aliphatic carbocycles. The predicted molar refractivity (Wildman–Crippen MR) is 79.9 cm³/mol. The molecule has 2 aromatic heterocycles. The number of anilines is 1. The molecule has 0 atom stereocenters. The van der Waals surface area contributed by atoms with Crippen LogP contribution < -0.4 is 5.73 Å². The monoisotopic (exact) mass is 267 g/mol. The molecule has 3 nitrogen and oxygen atoms in total. The molecule has 3 aromatic rings. The van der Waals surface area contributed by atoms with E-state index in [2.05, 4.69) is 16.0 Å². The Bertz CT molecular complexity index is 705. The predicted octanol–water partition coefficient (Wildman–Crippen LogP) is 3.76. The summed E-state index contributed by atoms with van der Waals surface area (Å²) >= 11 is 1.68. The van der Waals surface area contributed by atoms with E-state index in [4.69, 9.17) is 5.73 Å². The Morgan fingerprint density at radius 3 is 2.68 bits per heavy atom. The number of aromatic nitrogens is 2. The average Bonchev–Trinajstić information content (AvgIpc) is 2.92. The fourth-order valence-corrected chi connectivity index (χ4v) is 2.61. The summed E-state index contributed by atoms with van der Waals surface area (Å²) in [5, 5.41) is 2.05. The number of benzene rings is 1. The molecule has 0 saturated carbocycles. The minimum Gasteiger partial charge on any atom is -0.399 e. The number of rotatable bonds is 2. The van der Waals surface area contributed by atoms with Crippen molar-refractivity contribution in [2.45, 2.75) is 6.92 Å². The normalized spacial score (nSPS) is 10.6. The number of aryl methyl sites for hydroxylation is 1. The summed E-state index contributed by atoms with van der Waals surface area (Å²) in [5.74, 6) is 0.718. The number of nitrogens with zero attached hydrogens (tertiary/aromatic N) is 2. The standard InChI is InChI=1S/C15H13N3S/c1-10-8-13(14-6-3-7-19-14)18-15(17-10)11-4-2-5-12(16)9-11/h2-9H,16H2,1H3. The highest BCUT2D eigenvalue weighted by Gasteiger charge is 2.07. The summed E-state index contributed by atoms with van der Waals surface area (Å²) in [5.41, 5.74) is 9.39. The van der Waals surface area contributed by atoms with Gasteiger partial charge < -0.3 is 5.73 Å². The molecule has 0 bridgehead atoms. The minimum absolute atomic E-state index is 0.718. The van der Waals surface area contributed by atoms with Gasteiger partial charge in [0.15, 0.2) is 5.82 Å². The third-order valence-corrected chi connectivity index (χ3v) is 3.67. The van der Waals surface area contributed by atoms with Crippen molar-refractivity contribution < 1.29 is 0 Å². The van der Waals surface area contributed by atoms with E-state index < -0.39 is 0 Å². The highest BCUT2D eigenvalue weighted by Crippen LogP contribution is 2.26. The van der Waals surface area contributed by atoms with E-state index in [9.17, 15) is 0 Å². The van der Waals surface area contributed by atoms with Crippen molar-refractivity contribution in [3.63, 3.8) is 0 Å². The van der Waals surface area contributed by atoms with Crippen LogP contribution in [0.25, 0.3) is 22.0 Å². The van der Waals surface area contributed by atoms with Gasteiger partial charge in [-0.3, -0.25) is 0 Å². The van der Waals surface area contributed by atoms with E-state index in [1.165, 1.54) is 0 Å². The van der Waals surface area contributed by atoms with Crippen LogP contribution in [-0.4, -0.2) is 9.97 Å². The van der Waals surface area contributed by atoms with Gasteiger partial charge in [0.2, 0.25) is 0 Å². The molecule has 2 heterocycles. The third-order valence-electron chi connectivity index (χ3n) is 2.77. The SMILES string of the molecule is Cc1cc(-c2cccs2)nc(-c2cccc(N)c2)n1. The molecule has 0 amide bonds. The number of hydrogen-bond donors (Lipinski definition) is 1. The number of hydrogen-bond acceptors (Lipinski definition) is 4. The largest absolute Gasteiger partial charge is 0.399 e. The van der Waals surface area contributed by atoms with E-state index in [1.54, 1.807) is 11.3 Å². The quantitative estimate of drug-likeness (QED) is 0.719. The molecule has 0 radical (unpaired) electrons. The van der Waals surface area contributed by atoms with Gasteiger partial charge in [0.1, 0.15) is 0 Å². The van der Waals surface area contributed by atoms with E-state index in [0.29, 0.717) is 0 Å². The lowest BCUT2D eigenvalue weighted by Crippen LogP contribution is -1.95. The second-order valence-electron chi connectivity index (χ2n) is 4.32. The van der Waals surface area contributed by atoms with Crippen LogP contribution in [0.4, 0.5) is 5.69 Å². The maximum absolute atomic E-state index is 5.81.